The van der Waals surface area contributed by atoms with Gasteiger partial charge in [-0.25, -0.2) is 4.79 Å². The van der Waals surface area contributed by atoms with Crippen molar-refractivity contribution in [2.75, 3.05) is 0 Å². The predicted octanol–water partition coefficient (Wildman–Crippen LogP) is 5.72. The van der Waals surface area contributed by atoms with Crippen LogP contribution in [0.25, 0.3) is 16.8 Å². The van der Waals surface area contributed by atoms with Gasteiger partial charge in [0, 0.05) is 21.2 Å². The number of nitrogens with zero attached hydrogens (tertiary/aromatic N) is 1. The SMILES string of the molecule is N#CC(=Cc1c(OCc2c(Cl)cccc2Cl)ccc2ccccc12)C(=O)O. The third-order valence-electron chi connectivity index (χ3n) is 4.00. The molecule has 4 nitrogen and oxygen atoms in total. The van der Waals surface area contributed by atoms with E-state index in [9.17, 15) is 9.90 Å². The molecule has 0 spiro atoms. The van der Waals surface area contributed by atoms with Crippen molar-refractivity contribution >= 4 is 46.0 Å². The molecule has 3 rings (SSSR count). The molecule has 0 radical (unpaired) electrons. The van der Waals surface area contributed by atoms with Gasteiger partial charge < -0.3 is 9.84 Å². The van der Waals surface area contributed by atoms with Gasteiger partial charge in [0.25, 0.3) is 0 Å². The second-order valence-corrected chi connectivity index (χ2v) is 6.48. The fourth-order valence-electron chi connectivity index (χ4n) is 2.66. The lowest BCUT2D eigenvalue weighted by Crippen LogP contribution is -2.01. The van der Waals surface area contributed by atoms with Crippen LogP contribution in [0.2, 0.25) is 10.0 Å². The summed E-state index contributed by atoms with van der Waals surface area (Å²) in [4.78, 5) is 11.3. The van der Waals surface area contributed by atoms with Crippen LogP contribution in [-0.2, 0) is 11.4 Å². The summed E-state index contributed by atoms with van der Waals surface area (Å²) in [6.07, 6.45) is 1.31. The minimum absolute atomic E-state index is 0.104. The van der Waals surface area contributed by atoms with Gasteiger partial charge in [0.2, 0.25) is 0 Å². The second-order valence-electron chi connectivity index (χ2n) is 5.66. The summed E-state index contributed by atoms with van der Waals surface area (Å²) in [5.74, 6) is -0.871. The van der Waals surface area contributed by atoms with E-state index in [1.54, 1.807) is 30.3 Å². The number of halogens is 2. The molecule has 0 bridgehead atoms. The number of hydrogen-bond donors (Lipinski definition) is 1. The third kappa shape index (κ3) is 4.06. The van der Waals surface area contributed by atoms with Crippen molar-refractivity contribution in [3.63, 3.8) is 0 Å². The fourth-order valence-corrected chi connectivity index (χ4v) is 3.16. The van der Waals surface area contributed by atoms with Crippen LogP contribution < -0.4 is 4.74 Å². The first-order valence-electron chi connectivity index (χ1n) is 7.94. The Morgan fingerprint density at radius 2 is 1.78 bits per heavy atom. The van der Waals surface area contributed by atoms with Crippen LogP contribution in [0.4, 0.5) is 0 Å². The highest BCUT2D eigenvalue weighted by Crippen LogP contribution is 2.32. The highest BCUT2D eigenvalue weighted by Gasteiger charge is 2.13. The zero-order valence-electron chi connectivity index (χ0n) is 13.9. The first-order valence-corrected chi connectivity index (χ1v) is 8.69. The molecule has 0 unspecified atom stereocenters. The third-order valence-corrected chi connectivity index (χ3v) is 4.71. The Hall–Kier alpha value is -3.00. The monoisotopic (exact) mass is 397 g/mol. The van der Waals surface area contributed by atoms with E-state index in [-0.39, 0.29) is 12.2 Å². The Bertz CT molecular complexity index is 1080. The highest BCUT2D eigenvalue weighted by molar-refractivity contribution is 6.35. The molecular formula is C21H13Cl2NO3. The van der Waals surface area contributed by atoms with Gasteiger partial charge in [-0.2, -0.15) is 5.26 Å². The van der Waals surface area contributed by atoms with Gasteiger partial charge >= 0.3 is 5.97 Å². The molecule has 27 heavy (non-hydrogen) atoms. The van der Waals surface area contributed by atoms with E-state index < -0.39 is 5.97 Å². The van der Waals surface area contributed by atoms with Gasteiger partial charge in [-0.3, -0.25) is 0 Å². The topological polar surface area (TPSA) is 70.3 Å². The van der Waals surface area contributed by atoms with Gasteiger partial charge in [-0.1, -0.05) is 59.6 Å². The van der Waals surface area contributed by atoms with Gasteiger partial charge in [-0.05, 0) is 35.0 Å². The van der Waals surface area contributed by atoms with Gasteiger partial charge in [-0.15, -0.1) is 0 Å². The first kappa shape index (κ1) is 18.8. The van der Waals surface area contributed by atoms with E-state index in [2.05, 4.69) is 0 Å². The van der Waals surface area contributed by atoms with E-state index in [4.69, 9.17) is 33.2 Å². The largest absolute Gasteiger partial charge is 0.488 e. The Morgan fingerprint density at radius 1 is 1.07 bits per heavy atom. The number of aliphatic carboxylic acids is 1. The number of fused-ring (bicyclic) bond motifs is 1. The number of carbonyl (C=O) groups is 1. The van der Waals surface area contributed by atoms with E-state index >= 15 is 0 Å². The molecule has 0 heterocycles. The zero-order chi connectivity index (χ0) is 19.4. The van der Waals surface area contributed by atoms with Crippen LogP contribution in [0, 0.1) is 11.3 Å². The number of nitriles is 1. The molecule has 1 N–H and O–H groups in total. The summed E-state index contributed by atoms with van der Waals surface area (Å²) in [5.41, 5.74) is 0.755. The average Bonchev–Trinajstić information content (AvgIpc) is 2.66. The predicted molar refractivity (Wildman–Crippen MR) is 106 cm³/mol. The van der Waals surface area contributed by atoms with Crippen LogP contribution in [0.3, 0.4) is 0 Å². The lowest BCUT2D eigenvalue weighted by Gasteiger charge is -2.14. The Labute approximate surface area is 165 Å². The van der Waals surface area contributed by atoms with Crippen LogP contribution >= 0.6 is 23.2 Å². The van der Waals surface area contributed by atoms with Crippen molar-refractivity contribution in [3.8, 4) is 11.8 Å². The van der Waals surface area contributed by atoms with Crippen molar-refractivity contribution < 1.29 is 14.6 Å². The van der Waals surface area contributed by atoms with Crippen molar-refractivity contribution in [2.24, 2.45) is 0 Å². The molecule has 0 aliphatic rings. The Kier molecular flexibility index (Phi) is 5.66. The van der Waals surface area contributed by atoms with Gasteiger partial charge in [0.05, 0.1) is 0 Å². The van der Waals surface area contributed by atoms with Crippen molar-refractivity contribution in [1.29, 1.82) is 5.26 Å². The normalized spacial score (nSPS) is 11.2. The molecular weight excluding hydrogens is 385 g/mol. The van der Waals surface area contributed by atoms with Crippen molar-refractivity contribution in [2.45, 2.75) is 6.61 Å². The van der Waals surface area contributed by atoms with E-state index in [1.807, 2.05) is 30.3 Å². The number of carboxylic acids is 1. The molecule has 3 aromatic carbocycles. The number of benzene rings is 3. The van der Waals surface area contributed by atoms with Gasteiger partial charge in [0.15, 0.2) is 0 Å². The number of rotatable bonds is 5. The summed E-state index contributed by atoms with van der Waals surface area (Å²) in [6, 6.07) is 17.9. The molecule has 0 aliphatic heterocycles. The lowest BCUT2D eigenvalue weighted by atomic mass is 10.0. The first-order chi connectivity index (χ1) is 13.0. The maximum atomic E-state index is 11.3. The summed E-state index contributed by atoms with van der Waals surface area (Å²) in [7, 11) is 0. The fraction of sp³-hybridized carbons (Fsp3) is 0.0476. The maximum Gasteiger partial charge on any atom is 0.346 e. The molecule has 0 aliphatic carbocycles. The minimum Gasteiger partial charge on any atom is -0.488 e. The highest BCUT2D eigenvalue weighted by atomic mass is 35.5. The molecule has 0 aromatic heterocycles. The minimum atomic E-state index is -1.30. The van der Waals surface area contributed by atoms with Crippen LogP contribution in [0.15, 0.2) is 60.2 Å². The van der Waals surface area contributed by atoms with Crippen molar-refractivity contribution in [1.82, 2.24) is 0 Å². The standard InChI is InChI=1S/C21H13Cl2NO3/c22-18-6-3-7-19(23)17(18)12-27-20-9-8-13-4-1-2-5-15(13)16(20)10-14(11-24)21(25)26/h1-10H,12H2,(H,25,26). The molecule has 0 atom stereocenters. The zero-order valence-corrected chi connectivity index (χ0v) is 15.5. The van der Waals surface area contributed by atoms with Crippen molar-refractivity contribution in [3.05, 3.63) is 81.3 Å². The summed E-state index contributed by atoms with van der Waals surface area (Å²) < 4.78 is 5.90. The van der Waals surface area contributed by atoms with E-state index in [1.165, 1.54) is 6.08 Å². The van der Waals surface area contributed by atoms with E-state index in [0.717, 1.165) is 10.8 Å². The maximum absolute atomic E-state index is 11.3. The smallest absolute Gasteiger partial charge is 0.346 e. The van der Waals surface area contributed by atoms with Gasteiger partial charge in [0.1, 0.15) is 24.0 Å². The second kappa shape index (κ2) is 8.13. The molecule has 0 saturated heterocycles. The molecule has 3 aromatic rings. The van der Waals surface area contributed by atoms with E-state index in [0.29, 0.717) is 26.9 Å². The lowest BCUT2D eigenvalue weighted by molar-refractivity contribution is -0.132. The Balaban J connectivity index is 2.09. The van der Waals surface area contributed by atoms with Crippen LogP contribution in [-0.4, -0.2) is 11.1 Å². The number of ether oxygens (including phenoxy) is 1. The number of hydrogen-bond acceptors (Lipinski definition) is 3. The molecule has 0 amide bonds. The molecule has 0 fully saturated rings. The summed E-state index contributed by atoms with van der Waals surface area (Å²) in [5, 5.41) is 21.0. The Morgan fingerprint density at radius 3 is 2.44 bits per heavy atom. The molecule has 6 heteroatoms. The molecule has 0 saturated carbocycles. The summed E-state index contributed by atoms with van der Waals surface area (Å²) in [6.45, 7) is 0.104. The van der Waals surface area contributed by atoms with Crippen LogP contribution in [0.1, 0.15) is 11.1 Å². The number of carboxylic acid groups (broad SMARTS) is 1. The van der Waals surface area contributed by atoms with Crippen LogP contribution in [0.5, 0.6) is 5.75 Å². The summed E-state index contributed by atoms with van der Waals surface area (Å²) >= 11 is 12.4. The molecule has 134 valence electrons. The quantitative estimate of drug-likeness (QED) is 0.441. The average molecular weight is 398 g/mol.